The number of anilines is 1. The molecule has 3 aromatic carbocycles. The zero-order valence-electron chi connectivity index (χ0n) is 15.8. The van der Waals surface area contributed by atoms with E-state index in [1.807, 2.05) is 19.1 Å². The number of carbonyl (C=O) groups excluding carboxylic acids is 1. The molecular weight excluding hydrogens is 466 g/mol. The fraction of sp³-hybridized carbons (Fsp3) is 0.0455. The zero-order valence-corrected chi connectivity index (χ0v) is 18.2. The summed E-state index contributed by atoms with van der Waals surface area (Å²) < 4.78 is 6.35. The van der Waals surface area contributed by atoms with Crippen LogP contribution in [0.25, 0.3) is 22.6 Å². The highest BCUT2D eigenvalue weighted by molar-refractivity contribution is 9.10. The van der Waals surface area contributed by atoms with Gasteiger partial charge in [-0.15, -0.1) is 0 Å². The van der Waals surface area contributed by atoms with Crippen LogP contribution in [0.4, 0.5) is 5.69 Å². The molecule has 1 heterocycles. The Bertz CT molecular complexity index is 1290. The molecule has 4 aromatic rings. The molecule has 0 saturated heterocycles. The first-order valence-corrected chi connectivity index (χ1v) is 10.2. The van der Waals surface area contributed by atoms with Crippen molar-refractivity contribution >= 4 is 56.0 Å². The van der Waals surface area contributed by atoms with Crippen molar-refractivity contribution in [2.24, 2.45) is 0 Å². The van der Waals surface area contributed by atoms with E-state index in [1.54, 1.807) is 48.5 Å². The number of rotatable bonds is 3. The van der Waals surface area contributed by atoms with Crippen molar-refractivity contribution in [2.45, 2.75) is 6.92 Å². The third-order valence-electron chi connectivity index (χ3n) is 4.35. The molecule has 0 radical (unpaired) electrons. The van der Waals surface area contributed by atoms with E-state index < -0.39 is 0 Å². The van der Waals surface area contributed by atoms with E-state index in [0.717, 1.165) is 11.1 Å². The Balaban J connectivity index is 1.50. The standard InChI is InChI=1S/C22H16BrN3O3S/c1-12-3-2-4-13(9-12)20(28)26-22(30)24-15-6-8-19-17(11-15)25-21(29-19)14-5-7-18(27)16(23)10-14/h2-11,27H,1H3,(H2,24,26,28,30). The lowest BCUT2D eigenvalue weighted by Gasteiger charge is -2.09. The SMILES string of the molecule is Cc1cccc(C(=O)NC(=S)Nc2ccc3oc(-c4ccc(O)c(Br)c4)nc3c2)c1. The molecule has 30 heavy (non-hydrogen) atoms. The number of oxazole rings is 1. The van der Waals surface area contributed by atoms with E-state index in [4.69, 9.17) is 16.6 Å². The van der Waals surface area contributed by atoms with Gasteiger partial charge in [-0.05, 0) is 83.6 Å². The summed E-state index contributed by atoms with van der Waals surface area (Å²) in [4.78, 5) is 16.8. The van der Waals surface area contributed by atoms with Crippen LogP contribution >= 0.6 is 28.1 Å². The predicted molar refractivity (Wildman–Crippen MR) is 124 cm³/mol. The molecule has 3 N–H and O–H groups in total. The summed E-state index contributed by atoms with van der Waals surface area (Å²) in [7, 11) is 0. The van der Waals surface area contributed by atoms with Gasteiger partial charge in [0.25, 0.3) is 5.91 Å². The Morgan fingerprint density at radius 2 is 1.97 bits per heavy atom. The summed E-state index contributed by atoms with van der Waals surface area (Å²) in [6.07, 6.45) is 0. The zero-order chi connectivity index (χ0) is 21.3. The van der Waals surface area contributed by atoms with Crippen molar-refractivity contribution in [3.05, 3.63) is 76.3 Å². The van der Waals surface area contributed by atoms with Crippen molar-refractivity contribution < 1.29 is 14.3 Å². The lowest BCUT2D eigenvalue weighted by atomic mass is 10.1. The second-order valence-corrected chi connectivity index (χ2v) is 7.91. The highest BCUT2D eigenvalue weighted by Gasteiger charge is 2.12. The Labute approximate surface area is 186 Å². The molecule has 0 unspecified atom stereocenters. The minimum Gasteiger partial charge on any atom is -0.507 e. The van der Waals surface area contributed by atoms with Crippen molar-refractivity contribution in [3.63, 3.8) is 0 Å². The fourth-order valence-corrected chi connectivity index (χ4v) is 3.48. The molecule has 0 atom stereocenters. The van der Waals surface area contributed by atoms with E-state index in [9.17, 15) is 9.90 Å². The molecule has 1 amide bonds. The Hall–Kier alpha value is -3.23. The number of aromatic nitrogens is 1. The van der Waals surface area contributed by atoms with Crippen molar-refractivity contribution in [2.75, 3.05) is 5.32 Å². The average Bonchev–Trinajstić information content (AvgIpc) is 3.13. The average molecular weight is 482 g/mol. The highest BCUT2D eigenvalue weighted by atomic mass is 79.9. The molecule has 0 fully saturated rings. The quantitative estimate of drug-likeness (QED) is 0.339. The van der Waals surface area contributed by atoms with Gasteiger partial charge in [-0.1, -0.05) is 17.7 Å². The van der Waals surface area contributed by atoms with Crippen LogP contribution in [0.3, 0.4) is 0 Å². The highest BCUT2D eigenvalue weighted by Crippen LogP contribution is 2.31. The summed E-state index contributed by atoms with van der Waals surface area (Å²) >= 11 is 8.55. The van der Waals surface area contributed by atoms with Crippen molar-refractivity contribution in [3.8, 4) is 17.2 Å². The van der Waals surface area contributed by atoms with Crippen LogP contribution in [0.5, 0.6) is 5.75 Å². The molecule has 1 aromatic heterocycles. The normalized spacial score (nSPS) is 10.7. The van der Waals surface area contributed by atoms with Gasteiger partial charge in [-0.3, -0.25) is 10.1 Å². The maximum Gasteiger partial charge on any atom is 0.257 e. The number of halogens is 1. The summed E-state index contributed by atoms with van der Waals surface area (Å²) in [5.74, 6) is 0.291. The number of nitrogens with zero attached hydrogens (tertiary/aromatic N) is 1. The summed E-state index contributed by atoms with van der Waals surface area (Å²) in [5.41, 5.74) is 4.17. The smallest absolute Gasteiger partial charge is 0.257 e. The van der Waals surface area contributed by atoms with Gasteiger partial charge >= 0.3 is 0 Å². The molecule has 0 aliphatic rings. The van der Waals surface area contributed by atoms with Gasteiger partial charge < -0.3 is 14.8 Å². The maximum absolute atomic E-state index is 12.3. The Morgan fingerprint density at radius 1 is 1.13 bits per heavy atom. The third kappa shape index (κ3) is 4.34. The largest absolute Gasteiger partial charge is 0.507 e. The van der Waals surface area contributed by atoms with Crippen LogP contribution in [-0.4, -0.2) is 21.1 Å². The number of carbonyl (C=O) groups is 1. The first-order valence-electron chi connectivity index (χ1n) is 8.97. The van der Waals surface area contributed by atoms with Gasteiger partial charge in [-0.2, -0.15) is 0 Å². The molecular formula is C22H16BrN3O3S. The van der Waals surface area contributed by atoms with Gasteiger partial charge in [0.15, 0.2) is 10.7 Å². The van der Waals surface area contributed by atoms with E-state index in [2.05, 4.69) is 31.5 Å². The molecule has 0 spiro atoms. The first kappa shape index (κ1) is 20.1. The number of fused-ring (bicyclic) bond motifs is 1. The topological polar surface area (TPSA) is 87.4 Å². The van der Waals surface area contributed by atoms with E-state index >= 15 is 0 Å². The molecule has 6 nitrogen and oxygen atoms in total. The number of hydrogen-bond donors (Lipinski definition) is 3. The third-order valence-corrected chi connectivity index (χ3v) is 5.19. The van der Waals surface area contributed by atoms with E-state index in [0.29, 0.717) is 32.7 Å². The van der Waals surface area contributed by atoms with Gasteiger partial charge in [0, 0.05) is 16.8 Å². The van der Waals surface area contributed by atoms with Crippen molar-refractivity contribution in [1.29, 1.82) is 0 Å². The first-order chi connectivity index (χ1) is 14.4. The van der Waals surface area contributed by atoms with Gasteiger partial charge in [0.05, 0.1) is 4.47 Å². The van der Waals surface area contributed by atoms with E-state index in [-0.39, 0.29) is 16.8 Å². The van der Waals surface area contributed by atoms with Crippen LogP contribution < -0.4 is 10.6 Å². The predicted octanol–water partition coefficient (Wildman–Crippen LogP) is 5.40. The van der Waals surface area contributed by atoms with Crippen LogP contribution in [-0.2, 0) is 0 Å². The minimum atomic E-state index is -0.279. The van der Waals surface area contributed by atoms with Gasteiger partial charge in [-0.25, -0.2) is 4.98 Å². The number of phenols is 1. The molecule has 150 valence electrons. The Morgan fingerprint density at radius 3 is 2.73 bits per heavy atom. The lowest BCUT2D eigenvalue weighted by molar-refractivity contribution is 0.0977. The fourth-order valence-electron chi connectivity index (χ4n) is 2.89. The minimum absolute atomic E-state index is 0.141. The molecule has 0 saturated carbocycles. The number of aryl methyl sites for hydroxylation is 1. The van der Waals surface area contributed by atoms with E-state index in [1.165, 1.54) is 0 Å². The summed E-state index contributed by atoms with van der Waals surface area (Å²) in [6.45, 7) is 1.92. The van der Waals surface area contributed by atoms with Crippen LogP contribution in [0.15, 0.2) is 69.6 Å². The molecule has 0 aliphatic carbocycles. The summed E-state index contributed by atoms with van der Waals surface area (Å²) in [5, 5.41) is 15.5. The monoisotopic (exact) mass is 481 g/mol. The molecule has 0 bridgehead atoms. The number of thiocarbonyl (C=S) groups is 1. The molecule has 0 aliphatic heterocycles. The number of benzene rings is 3. The van der Waals surface area contributed by atoms with Crippen LogP contribution in [0.2, 0.25) is 0 Å². The van der Waals surface area contributed by atoms with Crippen molar-refractivity contribution in [1.82, 2.24) is 10.3 Å². The van der Waals surface area contributed by atoms with Gasteiger partial charge in [0.1, 0.15) is 11.3 Å². The molecule has 8 heteroatoms. The number of phenolic OH excluding ortho intramolecular Hbond substituents is 1. The second kappa shape index (κ2) is 8.25. The lowest BCUT2D eigenvalue weighted by Crippen LogP contribution is -2.34. The van der Waals surface area contributed by atoms with Crippen LogP contribution in [0, 0.1) is 6.92 Å². The molecule has 4 rings (SSSR count). The summed E-state index contributed by atoms with van der Waals surface area (Å²) in [6, 6.07) is 17.6. The maximum atomic E-state index is 12.3. The number of aromatic hydroxyl groups is 1. The Kier molecular flexibility index (Phi) is 5.52. The van der Waals surface area contributed by atoms with Crippen LogP contribution in [0.1, 0.15) is 15.9 Å². The second-order valence-electron chi connectivity index (χ2n) is 6.65. The number of nitrogens with one attached hydrogen (secondary N) is 2. The van der Waals surface area contributed by atoms with Gasteiger partial charge in [0.2, 0.25) is 5.89 Å². The number of hydrogen-bond acceptors (Lipinski definition) is 5. The number of amides is 1.